The summed E-state index contributed by atoms with van der Waals surface area (Å²) < 4.78 is 0. The van der Waals surface area contributed by atoms with Gasteiger partial charge in [0.25, 0.3) is 0 Å². The number of nitrogen functional groups attached to an aromatic ring is 1. The maximum atomic E-state index is 11.7. The topological polar surface area (TPSA) is 97.1 Å². The van der Waals surface area contributed by atoms with E-state index in [0.717, 1.165) is 0 Å². The maximum absolute atomic E-state index is 11.7. The van der Waals surface area contributed by atoms with Crippen LogP contribution in [0.25, 0.3) is 0 Å². The fourth-order valence-electron chi connectivity index (χ4n) is 1.47. The van der Waals surface area contributed by atoms with Gasteiger partial charge in [-0.2, -0.15) is 0 Å². The average Bonchev–Trinajstić information content (AvgIpc) is 2.31. The SMILES string of the molecule is CC(C)NC(=O)C(C)NC(=O)Cc1ccc(N)cn1. The molecule has 1 aromatic rings. The van der Waals surface area contributed by atoms with E-state index in [1.807, 2.05) is 13.8 Å². The van der Waals surface area contributed by atoms with Crippen molar-refractivity contribution in [2.45, 2.75) is 39.3 Å². The highest BCUT2D eigenvalue weighted by Gasteiger charge is 2.16. The highest BCUT2D eigenvalue weighted by molar-refractivity contribution is 5.88. The van der Waals surface area contributed by atoms with Crippen molar-refractivity contribution in [3.63, 3.8) is 0 Å². The van der Waals surface area contributed by atoms with Crippen molar-refractivity contribution in [1.82, 2.24) is 15.6 Å². The number of carbonyl (C=O) groups excluding carboxylic acids is 2. The molecule has 1 heterocycles. The Labute approximate surface area is 112 Å². The van der Waals surface area contributed by atoms with E-state index in [9.17, 15) is 9.59 Å². The Morgan fingerprint density at radius 2 is 1.95 bits per heavy atom. The van der Waals surface area contributed by atoms with E-state index in [0.29, 0.717) is 11.4 Å². The number of aromatic nitrogens is 1. The lowest BCUT2D eigenvalue weighted by molar-refractivity contribution is -0.128. The van der Waals surface area contributed by atoms with E-state index >= 15 is 0 Å². The van der Waals surface area contributed by atoms with E-state index in [1.165, 1.54) is 6.20 Å². The van der Waals surface area contributed by atoms with E-state index in [4.69, 9.17) is 5.73 Å². The van der Waals surface area contributed by atoms with Crippen LogP contribution in [0.1, 0.15) is 26.5 Å². The standard InChI is InChI=1S/C13H20N4O2/c1-8(2)16-13(19)9(3)17-12(18)6-11-5-4-10(14)7-15-11/h4-5,7-9H,6,14H2,1-3H3,(H,16,19)(H,17,18). The molecule has 1 unspecified atom stereocenters. The number of rotatable bonds is 5. The zero-order chi connectivity index (χ0) is 14.4. The zero-order valence-corrected chi connectivity index (χ0v) is 11.4. The van der Waals surface area contributed by atoms with Crippen LogP contribution in [-0.4, -0.2) is 28.9 Å². The molecule has 6 nitrogen and oxygen atoms in total. The smallest absolute Gasteiger partial charge is 0.242 e. The molecular formula is C13H20N4O2. The Balaban J connectivity index is 2.46. The molecule has 0 aromatic carbocycles. The Morgan fingerprint density at radius 1 is 1.26 bits per heavy atom. The number of anilines is 1. The summed E-state index contributed by atoms with van der Waals surface area (Å²) in [6.07, 6.45) is 1.62. The summed E-state index contributed by atoms with van der Waals surface area (Å²) in [4.78, 5) is 27.4. The van der Waals surface area contributed by atoms with Gasteiger partial charge in [0.2, 0.25) is 11.8 Å². The molecule has 0 radical (unpaired) electrons. The summed E-state index contributed by atoms with van der Waals surface area (Å²) in [6, 6.07) is 2.85. The van der Waals surface area contributed by atoms with Gasteiger partial charge in [-0.15, -0.1) is 0 Å². The van der Waals surface area contributed by atoms with Gasteiger partial charge in [0.15, 0.2) is 0 Å². The van der Waals surface area contributed by atoms with Crippen molar-refractivity contribution in [2.75, 3.05) is 5.73 Å². The van der Waals surface area contributed by atoms with Crippen LogP contribution in [0.2, 0.25) is 0 Å². The van der Waals surface area contributed by atoms with Crippen LogP contribution in [0.5, 0.6) is 0 Å². The minimum atomic E-state index is -0.566. The first-order valence-electron chi connectivity index (χ1n) is 6.18. The molecule has 6 heteroatoms. The van der Waals surface area contributed by atoms with Crippen molar-refractivity contribution < 1.29 is 9.59 Å². The van der Waals surface area contributed by atoms with Gasteiger partial charge in [0, 0.05) is 11.7 Å². The largest absolute Gasteiger partial charge is 0.397 e. The number of hydrogen-bond acceptors (Lipinski definition) is 4. The summed E-state index contributed by atoms with van der Waals surface area (Å²) in [5.41, 5.74) is 6.67. The number of carbonyl (C=O) groups is 2. The van der Waals surface area contributed by atoms with Crippen molar-refractivity contribution in [3.8, 4) is 0 Å². The first kappa shape index (κ1) is 14.9. The number of hydrogen-bond donors (Lipinski definition) is 3. The van der Waals surface area contributed by atoms with Crippen LogP contribution < -0.4 is 16.4 Å². The Bertz CT molecular complexity index is 442. The van der Waals surface area contributed by atoms with Crippen molar-refractivity contribution in [2.24, 2.45) is 0 Å². The lowest BCUT2D eigenvalue weighted by Gasteiger charge is -2.15. The minimum Gasteiger partial charge on any atom is -0.397 e. The van der Waals surface area contributed by atoms with Crippen LogP contribution in [0.4, 0.5) is 5.69 Å². The highest BCUT2D eigenvalue weighted by atomic mass is 16.2. The van der Waals surface area contributed by atoms with E-state index in [2.05, 4.69) is 15.6 Å². The molecule has 1 rings (SSSR count). The molecule has 0 bridgehead atoms. The van der Waals surface area contributed by atoms with Crippen molar-refractivity contribution in [1.29, 1.82) is 0 Å². The van der Waals surface area contributed by atoms with Gasteiger partial charge in [-0.05, 0) is 32.9 Å². The number of nitrogens with two attached hydrogens (primary N) is 1. The number of pyridine rings is 1. The molecule has 19 heavy (non-hydrogen) atoms. The number of nitrogens with one attached hydrogen (secondary N) is 2. The van der Waals surface area contributed by atoms with Gasteiger partial charge >= 0.3 is 0 Å². The molecule has 0 aliphatic carbocycles. The molecule has 0 aliphatic heterocycles. The van der Waals surface area contributed by atoms with Gasteiger partial charge in [-0.3, -0.25) is 14.6 Å². The van der Waals surface area contributed by atoms with E-state index < -0.39 is 6.04 Å². The molecule has 0 saturated heterocycles. The lowest BCUT2D eigenvalue weighted by atomic mass is 10.2. The third-order valence-corrected chi connectivity index (χ3v) is 2.39. The summed E-state index contributed by atoms with van der Waals surface area (Å²) >= 11 is 0. The van der Waals surface area contributed by atoms with Crippen LogP contribution in [0.15, 0.2) is 18.3 Å². The number of amides is 2. The molecule has 0 spiro atoms. The van der Waals surface area contributed by atoms with Gasteiger partial charge in [-0.25, -0.2) is 0 Å². The second-order valence-electron chi connectivity index (χ2n) is 4.71. The van der Waals surface area contributed by atoms with Gasteiger partial charge in [0.05, 0.1) is 18.3 Å². The highest BCUT2D eigenvalue weighted by Crippen LogP contribution is 2.01. The quantitative estimate of drug-likeness (QED) is 0.709. The fraction of sp³-hybridized carbons (Fsp3) is 0.462. The molecule has 0 fully saturated rings. The summed E-state index contributed by atoms with van der Waals surface area (Å²) in [6.45, 7) is 5.38. The van der Waals surface area contributed by atoms with Gasteiger partial charge < -0.3 is 16.4 Å². The number of nitrogens with zero attached hydrogens (tertiary/aromatic N) is 1. The average molecular weight is 264 g/mol. The summed E-state index contributed by atoms with van der Waals surface area (Å²) in [5.74, 6) is -0.447. The van der Waals surface area contributed by atoms with E-state index in [-0.39, 0.29) is 24.3 Å². The predicted molar refractivity (Wildman–Crippen MR) is 73.2 cm³/mol. The van der Waals surface area contributed by atoms with E-state index in [1.54, 1.807) is 19.1 Å². The molecule has 0 aliphatic rings. The van der Waals surface area contributed by atoms with Crippen LogP contribution in [0, 0.1) is 0 Å². The van der Waals surface area contributed by atoms with Gasteiger partial charge in [-0.1, -0.05) is 0 Å². The van der Waals surface area contributed by atoms with Crippen LogP contribution >= 0.6 is 0 Å². The Kier molecular flexibility index (Phi) is 5.29. The van der Waals surface area contributed by atoms with Gasteiger partial charge in [0.1, 0.15) is 6.04 Å². The Hall–Kier alpha value is -2.11. The first-order valence-corrected chi connectivity index (χ1v) is 6.18. The molecule has 0 saturated carbocycles. The third kappa shape index (κ3) is 5.37. The molecule has 104 valence electrons. The molecule has 2 amide bonds. The zero-order valence-electron chi connectivity index (χ0n) is 11.4. The molecule has 4 N–H and O–H groups in total. The molecular weight excluding hydrogens is 244 g/mol. The predicted octanol–water partition coefficient (Wildman–Crippen LogP) is 0.236. The third-order valence-electron chi connectivity index (χ3n) is 2.39. The van der Waals surface area contributed by atoms with Crippen molar-refractivity contribution in [3.05, 3.63) is 24.0 Å². The summed E-state index contributed by atoms with van der Waals surface area (Å²) in [7, 11) is 0. The fourth-order valence-corrected chi connectivity index (χ4v) is 1.47. The second kappa shape index (κ2) is 6.72. The minimum absolute atomic E-state index is 0.0469. The normalized spacial score (nSPS) is 12.0. The van der Waals surface area contributed by atoms with Crippen LogP contribution in [-0.2, 0) is 16.0 Å². The molecule has 1 aromatic heterocycles. The Morgan fingerprint density at radius 3 is 2.47 bits per heavy atom. The lowest BCUT2D eigenvalue weighted by Crippen LogP contribution is -2.47. The monoisotopic (exact) mass is 264 g/mol. The maximum Gasteiger partial charge on any atom is 0.242 e. The van der Waals surface area contributed by atoms with Crippen molar-refractivity contribution >= 4 is 17.5 Å². The molecule has 1 atom stereocenters. The van der Waals surface area contributed by atoms with Crippen LogP contribution in [0.3, 0.4) is 0 Å². The second-order valence-corrected chi connectivity index (χ2v) is 4.71. The summed E-state index contributed by atoms with van der Waals surface area (Å²) in [5, 5.41) is 5.36. The first-order chi connectivity index (χ1) is 8.88.